The molecule has 0 amide bonds. The Bertz CT molecular complexity index is 2850. The Balaban J connectivity index is 1.43. The molecule has 25 nitrogen and oxygen atoms in total. The highest BCUT2D eigenvalue weighted by molar-refractivity contribution is 6.18. The molecule has 0 saturated carbocycles. The molecule has 1 fully saturated rings. The zero-order valence-corrected chi connectivity index (χ0v) is 31.3. The van der Waals surface area contributed by atoms with Crippen molar-refractivity contribution in [2.75, 3.05) is 6.61 Å². The topological polar surface area (TPSA) is 443 Å². The second kappa shape index (κ2) is 14.2. The van der Waals surface area contributed by atoms with Crippen LogP contribution in [0.15, 0.2) is 18.2 Å². The van der Waals surface area contributed by atoms with Gasteiger partial charge in [0.15, 0.2) is 64.0 Å². The average molecular weight is 897 g/mol. The smallest absolute Gasteiger partial charge is 0.339 e. The number of phenolic OH excluding ortho intramolecular Hbond substituents is 12. The third-order valence-corrected chi connectivity index (χ3v) is 11.4. The van der Waals surface area contributed by atoms with E-state index in [9.17, 15) is 105 Å². The molecule has 334 valence electrons. The Morgan fingerprint density at radius 3 is 1.44 bits per heavy atom. The highest BCUT2D eigenvalue weighted by Gasteiger charge is 2.63. The number of aliphatic carboxylic acids is 1. The van der Waals surface area contributed by atoms with Crippen LogP contribution in [0.3, 0.4) is 0 Å². The van der Waals surface area contributed by atoms with Crippen molar-refractivity contribution in [3.63, 3.8) is 0 Å². The molecule has 0 radical (unpaired) electrons. The number of phenols is 12. The van der Waals surface area contributed by atoms with Crippen LogP contribution in [-0.4, -0.2) is 149 Å². The van der Waals surface area contributed by atoms with Gasteiger partial charge in [-0.2, -0.15) is 0 Å². The molecular formula is C39H28O25. The van der Waals surface area contributed by atoms with Crippen molar-refractivity contribution in [3.8, 4) is 91.2 Å². The van der Waals surface area contributed by atoms with Crippen LogP contribution in [0.2, 0.25) is 0 Å². The number of aliphatic hydroxyl groups excluding tert-OH is 2. The van der Waals surface area contributed by atoms with E-state index in [1.807, 2.05) is 0 Å². The van der Waals surface area contributed by atoms with Crippen molar-refractivity contribution in [2.45, 2.75) is 36.4 Å². The maximum Gasteiger partial charge on any atom is 0.339 e. The fourth-order valence-corrected chi connectivity index (χ4v) is 8.48. The van der Waals surface area contributed by atoms with Gasteiger partial charge >= 0.3 is 29.8 Å². The van der Waals surface area contributed by atoms with E-state index >= 15 is 0 Å². The first kappa shape index (κ1) is 42.1. The van der Waals surface area contributed by atoms with Crippen molar-refractivity contribution in [2.24, 2.45) is 11.8 Å². The van der Waals surface area contributed by atoms with E-state index in [2.05, 4.69) is 0 Å². The third kappa shape index (κ3) is 5.70. The molecule has 0 unspecified atom stereocenters. The standard InChI is InChI=1S/C39H28O25/c40-8-1-5-12(25(47)21(8)43)13-6(2-9(41)22(44)26(13)48)38(59)63-33-11(4-61-36(5)57)62-37(58)7-3-10(42)23(45)27(49)14(7)15-16-17(29(51)30(52)28(15)50)19-18(24(16)46)20(35(55)56)34(64-39(19)60)32(54)31(33)53/h1-3,11,18-20,31-34,40-45,47-54H,4H2,(H,55,56)/t11-,18+,19-,20-,31-,32-,33-,34-/m1/s1. The molecular weight excluding hydrogens is 868 g/mol. The van der Waals surface area contributed by atoms with E-state index in [-0.39, 0.29) is 0 Å². The van der Waals surface area contributed by atoms with Gasteiger partial charge in [0.2, 0.25) is 23.0 Å². The monoisotopic (exact) mass is 896 g/mol. The summed E-state index contributed by atoms with van der Waals surface area (Å²) in [5.41, 5.74) is -10.2. The van der Waals surface area contributed by atoms with Gasteiger partial charge in [-0.05, 0) is 18.2 Å². The number of carbonyl (C=O) groups is 6. The van der Waals surface area contributed by atoms with Gasteiger partial charge in [0.1, 0.15) is 30.8 Å². The number of esters is 4. The third-order valence-electron chi connectivity index (χ3n) is 11.4. The highest BCUT2D eigenvalue weighted by Crippen LogP contribution is 2.61. The number of carbonyl (C=O) groups excluding carboxylic acids is 5. The van der Waals surface area contributed by atoms with Crippen LogP contribution in [0.25, 0.3) is 22.3 Å². The quantitative estimate of drug-likeness (QED) is 0.0660. The fourth-order valence-electron chi connectivity index (χ4n) is 8.48. The molecule has 0 spiro atoms. The van der Waals surface area contributed by atoms with Crippen molar-refractivity contribution in [3.05, 3.63) is 46.0 Å². The number of carboxylic acid groups (broad SMARTS) is 1. The summed E-state index contributed by atoms with van der Waals surface area (Å²) in [6, 6.07) is 1.06. The van der Waals surface area contributed by atoms with Crippen molar-refractivity contribution < 1.29 is 124 Å². The van der Waals surface area contributed by atoms with E-state index in [4.69, 9.17) is 18.9 Å². The van der Waals surface area contributed by atoms with E-state index in [1.54, 1.807) is 0 Å². The Hall–Kier alpha value is -8.58. The molecule has 0 aromatic heterocycles. The molecule has 15 N–H and O–H groups in total. The van der Waals surface area contributed by atoms with Crippen LogP contribution in [0, 0.1) is 11.8 Å². The Labute approximate surface area is 351 Å². The van der Waals surface area contributed by atoms with Crippen LogP contribution >= 0.6 is 0 Å². The molecule has 3 bridgehead atoms. The summed E-state index contributed by atoms with van der Waals surface area (Å²) in [5.74, 6) is -35.2. The molecule has 1 aliphatic carbocycles. The number of carboxylic acids is 1. The molecule has 4 aromatic rings. The van der Waals surface area contributed by atoms with Gasteiger partial charge in [0.25, 0.3) is 0 Å². The molecule has 4 aliphatic rings. The number of ketones is 1. The lowest BCUT2D eigenvalue weighted by atomic mass is 9.73. The summed E-state index contributed by atoms with van der Waals surface area (Å²) in [5, 5.41) is 164. The minimum Gasteiger partial charge on any atom is -0.504 e. The SMILES string of the molecule is O=C1OC[C@H]2OC(=O)c3cc(O)c(O)c(O)c3-c3c(O)c(O)c(O)c4c3C(=O)[C@@H]3[C@@H](C(=O)O)[C@@H](OC(=O)[C@H]43)[C@H](O)[C@@H](O)[C@@H]2OC(=O)c2cc(O)c(O)c(O)c2-c2c1cc(O)c(O)c2O. The highest BCUT2D eigenvalue weighted by atomic mass is 16.6. The van der Waals surface area contributed by atoms with Crippen LogP contribution in [0.4, 0.5) is 0 Å². The average Bonchev–Trinajstić information content (AvgIpc) is 3.54. The van der Waals surface area contributed by atoms with Crippen LogP contribution < -0.4 is 0 Å². The van der Waals surface area contributed by atoms with Crippen molar-refractivity contribution >= 4 is 35.6 Å². The zero-order chi connectivity index (χ0) is 46.9. The number of hydrogen-bond acceptors (Lipinski definition) is 24. The van der Waals surface area contributed by atoms with Gasteiger partial charge in [-0.25, -0.2) is 14.4 Å². The van der Waals surface area contributed by atoms with Gasteiger partial charge in [-0.15, -0.1) is 0 Å². The van der Waals surface area contributed by atoms with Gasteiger partial charge in [0.05, 0.1) is 28.5 Å². The maximum absolute atomic E-state index is 14.5. The lowest BCUT2D eigenvalue weighted by Gasteiger charge is -2.41. The number of ether oxygens (including phenoxy) is 4. The van der Waals surface area contributed by atoms with Crippen LogP contribution in [0.1, 0.15) is 52.9 Å². The summed E-state index contributed by atoms with van der Waals surface area (Å²) in [6.45, 7) is -1.50. The van der Waals surface area contributed by atoms with Crippen LogP contribution in [-0.2, 0) is 28.5 Å². The Morgan fingerprint density at radius 1 is 0.500 bits per heavy atom. The Kier molecular flexibility index (Phi) is 9.37. The zero-order valence-electron chi connectivity index (χ0n) is 31.3. The summed E-state index contributed by atoms with van der Waals surface area (Å²) < 4.78 is 21.4. The van der Waals surface area contributed by atoms with Crippen molar-refractivity contribution in [1.82, 2.24) is 0 Å². The number of rotatable bonds is 1. The molecule has 3 heterocycles. The molecule has 4 aromatic carbocycles. The van der Waals surface area contributed by atoms with Crippen LogP contribution in [0.5, 0.6) is 69.0 Å². The summed E-state index contributed by atoms with van der Waals surface area (Å²) in [4.78, 5) is 83.9. The molecule has 3 aliphatic heterocycles. The largest absolute Gasteiger partial charge is 0.504 e. The summed E-state index contributed by atoms with van der Waals surface area (Å²) in [6.07, 6.45) is -13.8. The number of cyclic esters (lactones) is 1. The second-order valence-corrected chi connectivity index (χ2v) is 14.8. The van der Waals surface area contributed by atoms with Gasteiger partial charge < -0.3 is 95.5 Å². The van der Waals surface area contributed by atoms with E-state index in [0.717, 1.165) is 0 Å². The van der Waals surface area contributed by atoms with Crippen molar-refractivity contribution in [1.29, 1.82) is 0 Å². The molecule has 64 heavy (non-hydrogen) atoms. The molecule has 8 rings (SSSR count). The number of benzene rings is 4. The summed E-state index contributed by atoms with van der Waals surface area (Å²) >= 11 is 0. The number of aromatic hydroxyl groups is 12. The predicted molar refractivity (Wildman–Crippen MR) is 196 cm³/mol. The first-order chi connectivity index (χ1) is 30.0. The molecule has 25 heteroatoms. The second-order valence-electron chi connectivity index (χ2n) is 14.8. The maximum atomic E-state index is 14.5. The number of Topliss-reactive ketones (excluding diaryl/α,β-unsaturated/α-hetero) is 1. The normalized spacial score (nSPS) is 24.9. The van der Waals surface area contributed by atoms with E-state index in [0.29, 0.717) is 18.2 Å². The molecule has 1 saturated heterocycles. The fraction of sp³-hybridized carbons (Fsp3) is 0.231. The number of fused-ring (bicyclic) bond motifs is 8. The lowest BCUT2D eigenvalue weighted by Crippen LogP contribution is -2.59. The van der Waals surface area contributed by atoms with E-state index < -0.39 is 210 Å². The van der Waals surface area contributed by atoms with Gasteiger partial charge in [0, 0.05) is 33.4 Å². The summed E-state index contributed by atoms with van der Waals surface area (Å²) in [7, 11) is 0. The van der Waals surface area contributed by atoms with Gasteiger partial charge in [-0.1, -0.05) is 0 Å². The lowest BCUT2D eigenvalue weighted by molar-refractivity contribution is -0.198. The predicted octanol–water partition coefficient (Wildman–Crippen LogP) is -0.333. The minimum absolute atomic E-state index is 0.317. The minimum atomic E-state index is -2.94. The Morgan fingerprint density at radius 2 is 0.938 bits per heavy atom. The van der Waals surface area contributed by atoms with E-state index in [1.165, 1.54) is 0 Å². The first-order valence-corrected chi connectivity index (χ1v) is 18.1. The molecule has 8 atom stereocenters. The first-order valence-electron chi connectivity index (χ1n) is 18.1. The number of hydrogen-bond donors (Lipinski definition) is 15. The number of aliphatic hydroxyl groups is 2. The van der Waals surface area contributed by atoms with Gasteiger partial charge in [-0.3, -0.25) is 14.4 Å².